The maximum absolute atomic E-state index is 12.5. The van der Waals surface area contributed by atoms with Crippen LogP contribution in [0.4, 0.5) is 5.69 Å². The zero-order chi connectivity index (χ0) is 20.1. The topological polar surface area (TPSA) is 73.9 Å². The van der Waals surface area contributed by atoms with Crippen LogP contribution in [-0.2, 0) is 14.3 Å². The van der Waals surface area contributed by atoms with Crippen molar-refractivity contribution in [3.8, 4) is 11.5 Å². The third kappa shape index (κ3) is 4.95. The van der Waals surface area contributed by atoms with Gasteiger partial charge in [-0.3, -0.25) is 9.59 Å². The van der Waals surface area contributed by atoms with Gasteiger partial charge >= 0.3 is 5.97 Å². The van der Waals surface area contributed by atoms with Crippen LogP contribution >= 0.6 is 11.6 Å². The van der Waals surface area contributed by atoms with Gasteiger partial charge in [0.15, 0.2) is 18.1 Å². The first-order chi connectivity index (χ1) is 13.4. The number of esters is 1. The molecule has 0 spiro atoms. The fraction of sp³-hybridized carbons (Fsp3) is 0.333. The molecule has 0 saturated carbocycles. The molecule has 0 saturated heterocycles. The van der Waals surface area contributed by atoms with Crippen molar-refractivity contribution in [1.82, 2.24) is 0 Å². The summed E-state index contributed by atoms with van der Waals surface area (Å²) in [6.07, 6.45) is 0. The van der Waals surface area contributed by atoms with Crippen LogP contribution in [0.3, 0.4) is 0 Å². The molecule has 2 aromatic carbocycles. The Morgan fingerprint density at radius 3 is 2.43 bits per heavy atom. The summed E-state index contributed by atoms with van der Waals surface area (Å²) in [5, 5.41) is 3.29. The van der Waals surface area contributed by atoms with E-state index in [-0.39, 0.29) is 12.5 Å². The number of halogens is 1. The second-order valence-electron chi connectivity index (χ2n) is 6.79. The number of hydrogen-bond donors (Lipinski definition) is 1. The van der Waals surface area contributed by atoms with E-state index in [0.29, 0.717) is 35.4 Å². The predicted molar refractivity (Wildman–Crippen MR) is 106 cm³/mol. The molecule has 1 atom stereocenters. The van der Waals surface area contributed by atoms with Gasteiger partial charge in [-0.2, -0.15) is 0 Å². The number of fused-ring (bicyclic) bond motifs is 1. The van der Waals surface area contributed by atoms with Gasteiger partial charge in [0.05, 0.1) is 5.92 Å². The van der Waals surface area contributed by atoms with Gasteiger partial charge in [0.25, 0.3) is 5.91 Å². The molecule has 3 rings (SSSR count). The molecule has 28 heavy (non-hydrogen) atoms. The van der Waals surface area contributed by atoms with E-state index in [1.54, 1.807) is 42.5 Å². The van der Waals surface area contributed by atoms with Gasteiger partial charge in [0, 0.05) is 16.8 Å². The Balaban J connectivity index is 1.58. The Hall–Kier alpha value is -2.73. The summed E-state index contributed by atoms with van der Waals surface area (Å²) in [6.45, 7) is 4.44. The average Bonchev–Trinajstić information content (AvgIpc) is 2.68. The van der Waals surface area contributed by atoms with Crippen LogP contribution in [0.15, 0.2) is 42.5 Å². The Morgan fingerprint density at radius 2 is 1.75 bits per heavy atom. The molecule has 0 bridgehead atoms. The van der Waals surface area contributed by atoms with Crippen LogP contribution in [0.25, 0.3) is 0 Å². The van der Waals surface area contributed by atoms with Crippen molar-refractivity contribution >= 4 is 29.2 Å². The van der Waals surface area contributed by atoms with E-state index in [0.717, 1.165) is 5.56 Å². The molecular weight excluding hydrogens is 382 g/mol. The minimum absolute atomic E-state index is 0.00883. The van der Waals surface area contributed by atoms with Crippen molar-refractivity contribution in [2.24, 2.45) is 5.92 Å². The first-order valence-corrected chi connectivity index (χ1v) is 9.43. The highest BCUT2D eigenvalue weighted by molar-refractivity contribution is 6.30. The molecule has 7 heteroatoms. The number of nitrogens with one attached hydrogen (secondary N) is 1. The van der Waals surface area contributed by atoms with Gasteiger partial charge in [0.1, 0.15) is 13.2 Å². The normalized spacial score (nSPS) is 13.7. The minimum Gasteiger partial charge on any atom is -0.486 e. The molecule has 0 aromatic heterocycles. The highest BCUT2D eigenvalue weighted by Gasteiger charge is 2.26. The second kappa shape index (κ2) is 8.97. The number of rotatable bonds is 6. The first-order valence-electron chi connectivity index (χ1n) is 9.05. The van der Waals surface area contributed by atoms with Crippen LogP contribution in [0.1, 0.15) is 25.3 Å². The summed E-state index contributed by atoms with van der Waals surface area (Å²) in [6, 6.07) is 12.2. The fourth-order valence-electron chi connectivity index (χ4n) is 3.01. The first kappa shape index (κ1) is 20.0. The van der Waals surface area contributed by atoms with Crippen LogP contribution in [0.5, 0.6) is 11.5 Å². The molecule has 1 aliphatic rings. The quantitative estimate of drug-likeness (QED) is 0.737. The van der Waals surface area contributed by atoms with E-state index in [1.807, 2.05) is 13.8 Å². The van der Waals surface area contributed by atoms with Gasteiger partial charge in [-0.05, 0) is 35.7 Å². The highest BCUT2D eigenvalue weighted by atomic mass is 35.5. The third-order valence-electron chi connectivity index (χ3n) is 4.32. The number of ether oxygens (including phenoxy) is 3. The Morgan fingerprint density at radius 1 is 1.07 bits per heavy atom. The lowest BCUT2D eigenvalue weighted by Gasteiger charge is -2.20. The lowest BCUT2D eigenvalue weighted by Crippen LogP contribution is -2.26. The molecule has 2 aromatic rings. The van der Waals surface area contributed by atoms with Gasteiger partial charge in [-0.15, -0.1) is 0 Å². The summed E-state index contributed by atoms with van der Waals surface area (Å²) in [5.74, 6) is -0.130. The van der Waals surface area contributed by atoms with Crippen molar-refractivity contribution < 1.29 is 23.8 Å². The van der Waals surface area contributed by atoms with E-state index in [2.05, 4.69) is 5.32 Å². The molecule has 1 aliphatic heterocycles. The molecule has 0 radical (unpaired) electrons. The fourth-order valence-corrected chi connectivity index (χ4v) is 3.13. The lowest BCUT2D eigenvalue weighted by molar-refractivity contribution is -0.149. The number of anilines is 1. The highest BCUT2D eigenvalue weighted by Crippen LogP contribution is 2.32. The van der Waals surface area contributed by atoms with Gasteiger partial charge in [-0.25, -0.2) is 0 Å². The van der Waals surface area contributed by atoms with Crippen molar-refractivity contribution in [3.63, 3.8) is 0 Å². The van der Waals surface area contributed by atoms with E-state index >= 15 is 0 Å². The average molecular weight is 404 g/mol. The van der Waals surface area contributed by atoms with Gasteiger partial charge in [-0.1, -0.05) is 37.6 Å². The molecule has 0 unspecified atom stereocenters. The molecule has 0 fully saturated rings. The molecule has 6 nitrogen and oxygen atoms in total. The molecule has 1 N–H and O–H groups in total. The van der Waals surface area contributed by atoms with E-state index in [4.69, 9.17) is 25.8 Å². The summed E-state index contributed by atoms with van der Waals surface area (Å²) < 4.78 is 16.2. The van der Waals surface area contributed by atoms with E-state index in [1.165, 1.54) is 0 Å². The third-order valence-corrected chi connectivity index (χ3v) is 4.57. The van der Waals surface area contributed by atoms with Gasteiger partial charge in [0.2, 0.25) is 0 Å². The van der Waals surface area contributed by atoms with Crippen LogP contribution in [0.2, 0.25) is 5.02 Å². The largest absolute Gasteiger partial charge is 0.486 e. The van der Waals surface area contributed by atoms with E-state index < -0.39 is 17.8 Å². The number of amides is 1. The summed E-state index contributed by atoms with van der Waals surface area (Å²) in [7, 11) is 0. The zero-order valence-corrected chi connectivity index (χ0v) is 16.5. The molecule has 1 amide bonds. The van der Waals surface area contributed by atoms with E-state index in [9.17, 15) is 9.59 Å². The van der Waals surface area contributed by atoms with Crippen molar-refractivity contribution in [3.05, 3.63) is 53.1 Å². The standard InChI is InChI=1S/C21H22ClNO5/c1-13(2)20(14-3-5-15(22)6-4-14)21(25)28-12-19(24)23-16-7-8-17-18(11-16)27-10-9-26-17/h3-8,11,13,20H,9-10,12H2,1-2H3,(H,23,24)/t20-/m0/s1. The second-order valence-corrected chi connectivity index (χ2v) is 7.22. The van der Waals surface area contributed by atoms with Crippen LogP contribution in [-0.4, -0.2) is 31.7 Å². The lowest BCUT2D eigenvalue weighted by atomic mass is 9.88. The predicted octanol–water partition coefficient (Wildman–Crippen LogP) is 4.03. The summed E-state index contributed by atoms with van der Waals surface area (Å²) in [5.41, 5.74) is 1.35. The minimum atomic E-state index is -0.473. The SMILES string of the molecule is CC(C)[C@H](C(=O)OCC(=O)Nc1ccc2c(c1)OCCO2)c1ccc(Cl)cc1. The van der Waals surface area contributed by atoms with Crippen molar-refractivity contribution in [1.29, 1.82) is 0 Å². The van der Waals surface area contributed by atoms with Crippen molar-refractivity contribution in [2.45, 2.75) is 19.8 Å². The number of carbonyl (C=O) groups excluding carboxylic acids is 2. The molecule has 1 heterocycles. The number of carbonyl (C=O) groups is 2. The Kier molecular flexibility index (Phi) is 6.41. The van der Waals surface area contributed by atoms with Gasteiger partial charge < -0.3 is 19.5 Å². The molecular formula is C21H22ClNO5. The molecule has 148 valence electrons. The number of hydrogen-bond acceptors (Lipinski definition) is 5. The zero-order valence-electron chi connectivity index (χ0n) is 15.7. The number of benzene rings is 2. The van der Waals surface area contributed by atoms with Crippen molar-refractivity contribution in [2.75, 3.05) is 25.1 Å². The maximum atomic E-state index is 12.5. The van der Waals surface area contributed by atoms with Crippen LogP contribution in [0, 0.1) is 5.92 Å². The smallest absolute Gasteiger partial charge is 0.314 e. The van der Waals surface area contributed by atoms with Crippen LogP contribution < -0.4 is 14.8 Å². The summed E-state index contributed by atoms with van der Waals surface area (Å²) >= 11 is 5.91. The maximum Gasteiger partial charge on any atom is 0.314 e. The summed E-state index contributed by atoms with van der Waals surface area (Å²) in [4.78, 5) is 24.7. The molecule has 0 aliphatic carbocycles. The monoisotopic (exact) mass is 403 g/mol. The Bertz CT molecular complexity index is 850. The Labute approximate surface area is 168 Å².